The van der Waals surface area contributed by atoms with E-state index >= 15 is 0 Å². The maximum absolute atomic E-state index is 5.90. The molecule has 17 heavy (non-hydrogen) atoms. The van der Waals surface area contributed by atoms with Gasteiger partial charge in [-0.25, -0.2) is 0 Å². The Bertz CT molecular complexity index is 521. The van der Waals surface area contributed by atoms with Crippen LogP contribution in [0.25, 0.3) is 10.6 Å². The zero-order valence-corrected chi connectivity index (χ0v) is 11.6. The van der Waals surface area contributed by atoms with Crippen LogP contribution >= 0.6 is 27.3 Å². The quantitative estimate of drug-likeness (QED) is 0.895. The summed E-state index contributed by atoms with van der Waals surface area (Å²) in [7, 11) is 0. The van der Waals surface area contributed by atoms with Crippen molar-refractivity contribution in [1.29, 1.82) is 0 Å². The maximum atomic E-state index is 5.90. The number of rotatable bonds is 2. The van der Waals surface area contributed by atoms with Crippen LogP contribution in [-0.2, 0) is 0 Å². The first-order valence-corrected chi connectivity index (χ1v) is 7.20. The van der Waals surface area contributed by atoms with Gasteiger partial charge >= 0.3 is 0 Å². The van der Waals surface area contributed by atoms with Gasteiger partial charge in [0.15, 0.2) is 5.82 Å². The van der Waals surface area contributed by atoms with Crippen molar-refractivity contribution < 1.29 is 0 Å². The van der Waals surface area contributed by atoms with E-state index in [0.717, 1.165) is 35.5 Å². The fraction of sp³-hybridized carbons (Fsp3) is 0.364. The Morgan fingerprint density at radius 2 is 2.41 bits per heavy atom. The number of nitrogens with zero attached hydrogens (tertiary/aromatic N) is 2. The number of hydrogen-bond donors (Lipinski definition) is 2. The fourth-order valence-electron chi connectivity index (χ4n) is 2.05. The van der Waals surface area contributed by atoms with Crippen molar-refractivity contribution >= 4 is 33.1 Å². The highest BCUT2D eigenvalue weighted by atomic mass is 79.9. The van der Waals surface area contributed by atoms with Crippen molar-refractivity contribution in [2.45, 2.75) is 12.5 Å². The molecule has 0 radical (unpaired) electrons. The Balaban J connectivity index is 1.83. The van der Waals surface area contributed by atoms with Crippen LogP contribution in [0, 0.1) is 0 Å². The van der Waals surface area contributed by atoms with Gasteiger partial charge in [-0.05, 0) is 28.4 Å². The molecular weight excluding hydrogens is 300 g/mol. The summed E-state index contributed by atoms with van der Waals surface area (Å²) in [6.45, 7) is 1.90. The van der Waals surface area contributed by atoms with Crippen LogP contribution in [0.5, 0.6) is 0 Å². The number of hydrogen-bond acceptors (Lipinski definition) is 4. The van der Waals surface area contributed by atoms with Gasteiger partial charge in [0.1, 0.15) is 0 Å². The molecule has 1 unspecified atom stereocenters. The summed E-state index contributed by atoms with van der Waals surface area (Å²) in [6, 6.07) is 4.47. The first-order chi connectivity index (χ1) is 8.22. The Morgan fingerprint density at radius 1 is 1.53 bits per heavy atom. The van der Waals surface area contributed by atoms with Gasteiger partial charge in [0, 0.05) is 35.1 Å². The first kappa shape index (κ1) is 11.3. The molecule has 3 N–H and O–H groups in total. The SMILES string of the molecule is NC1CCN(c2cc(-c3cc(Br)cs3)[nH]n2)C1. The Morgan fingerprint density at radius 3 is 3.06 bits per heavy atom. The third kappa shape index (κ3) is 2.25. The average Bonchev–Trinajstić information content (AvgIpc) is 2.96. The number of nitrogens with two attached hydrogens (primary N) is 1. The van der Waals surface area contributed by atoms with Crippen LogP contribution in [0.4, 0.5) is 5.82 Å². The predicted molar refractivity (Wildman–Crippen MR) is 74.4 cm³/mol. The molecule has 3 heterocycles. The summed E-state index contributed by atoms with van der Waals surface area (Å²) in [4.78, 5) is 3.42. The highest BCUT2D eigenvalue weighted by Crippen LogP contribution is 2.30. The van der Waals surface area contributed by atoms with Gasteiger partial charge in [-0.15, -0.1) is 11.3 Å². The van der Waals surface area contributed by atoms with Gasteiger partial charge < -0.3 is 10.6 Å². The van der Waals surface area contributed by atoms with Crippen molar-refractivity contribution in [3.63, 3.8) is 0 Å². The van der Waals surface area contributed by atoms with Gasteiger partial charge in [-0.1, -0.05) is 0 Å². The lowest BCUT2D eigenvalue weighted by Crippen LogP contribution is -2.26. The van der Waals surface area contributed by atoms with Gasteiger partial charge in [0.2, 0.25) is 0 Å². The smallest absolute Gasteiger partial charge is 0.151 e. The number of nitrogens with one attached hydrogen (secondary N) is 1. The second-order valence-electron chi connectivity index (χ2n) is 4.26. The molecule has 0 spiro atoms. The fourth-order valence-corrected chi connectivity index (χ4v) is 3.44. The molecule has 4 nitrogen and oxygen atoms in total. The third-order valence-electron chi connectivity index (χ3n) is 2.95. The lowest BCUT2D eigenvalue weighted by molar-refractivity contribution is 0.751. The number of aromatic amines is 1. The van der Waals surface area contributed by atoms with E-state index in [1.807, 2.05) is 0 Å². The summed E-state index contributed by atoms with van der Waals surface area (Å²) < 4.78 is 1.11. The minimum Gasteiger partial charge on any atom is -0.354 e. The van der Waals surface area contributed by atoms with Gasteiger partial charge in [-0.2, -0.15) is 5.10 Å². The number of anilines is 1. The summed E-state index contributed by atoms with van der Waals surface area (Å²) >= 11 is 5.16. The summed E-state index contributed by atoms with van der Waals surface area (Å²) in [5.74, 6) is 0.998. The van der Waals surface area contributed by atoms with Crippen LogP contribution < -0.4 is 10.6 Å². The number of aromatic nitrogens is 2. The Kier molecular flexibility index (Phi) is 2.94. The molecule has 2 aromatic rings. The topological polar surface area (TPSA) is 57.9 Å². The van der Waals surface area contributed by atoms with Crippen molar-refractivity contribution in [2.75, 3.05) is 18.0 Å². The van der Waals surface area contributed by atoms with E-state index in [-0.39, 0.29) is 6.04 Å². The molecule has 1 aliphatic rings. The zero-order chi connectivity index (χ0) is 11.8. The predicted octanol–water partition coefficient (Wildman–Crippen LogP) is 2.44. The van der Waals surface area contributed by atoms with E-state index in [2.05, 4.69) is 48.5 Å². The Hall–Kier alpha value is -0.850. The van der Waals surface area contributed by atoms with Crippen LogP contribution in [0.3, 0.4) is 0 Å². The molecule has 90 valence electrons. The molecule has 0 amide bonds. The van der Waals surface area contributed by atoms with Crippen molar-refractivity contribution in [2.24, 2.45) is 5.73 Å². The molecule has 1 saturated heterocycles. The number of halogens is 1. The molecule has 1 atom stereocenters. The number of thiophene rings is 1. The summed E-state index contributed by atoms with van der Waals surface area (Å²) in [5, 5.41) is 9.51. The average molecular weight is 313 g/mol. The second kappa shape index (κ2) is 4.44. The highest BCUT2D eigenvalue weighted by Gasteiger charge is 2.21. The second-order valence-corrected chi connectivity index (χ2v) is 6.09. The molecule has 0 aromatic carbocycles. The molecule has 3 rings (SSSR count). The van der Waals surface area contributed by atoms with Crippen LogP contribution in [0.15, 0.2) is 22.0 Å². The van der Waals surface area contributed by atoms with Crippen LogP contribution in [-0.4, -0.2) is 29.3 Å². The van der Waals surface area contributed by atoms with Crippen molar-refractivity contribution in [1.82, 2.24) is 10.2 Å². The minimum absolute atomic E-state index is 0.283. The van der Waals surface area contributed by atoms with Gasteiger partial charge in [-0.3, -0.25) is 5.10 Å². The molecule has 2 aromatic heterocycles. The molecule has 0 aliphatic carbocycles. The highest BCUT2D eigenvalue weighted by molar-refractivity contribution is 9.10. The minimum atomic E-state index is 0.283. The van der Waals surface area contributed by atoms with Crippen molar-refractivity contribution in [3.8, 4) is 10.6 Å². The number of H-pyrrole nitrogens is 1. The van der Waals surface area contributed by atoms with Crippen LogP contribution in [0.1, 0.15) is 6.42 Å². The van der Waals surface area contributed by atoms with Crippen molar-refractivity contribution in [3.05, 3.63) is 22.0 Å². The maximum Gasteiger partial charge on any atom is 0.151 e. The molecule has 0 saturated carbocycles. The van der Waals surface area contributed by atoms with Crippen LogP contribution in [0.2, 0.25) is 0 Å². The first-order valence-electron chi connectivity index (χ1n) is 5.53. The molecule has 0 bridgehead atoms. The largest absolute Gasteiger partial charge is 0.354 e. The zero-order valence-electron chi connectivity index (χ0n) is 9.19. The van der Waals surface area contributed by atoms with E-state index in [1.165, 1.54) is 4.88 Å². The lowest BCUT2D eigenvalue weighted by atomic mass is 10.3. The van der Waals surface area contributed by atoms with E-state index in [9.17, 15) is 0 Å². The van der Waals surface area contributed by atoms with Gasteiger partial charge in [0.05, 0.1) is 10.6 Å². The molecule has 6 heteroatoms. The van der Waals surface area contributed by atoms with E-state index in [1.54, 1.807) is 11.3 Å². The van der Waals surface area contributed by atoms with E-state index < -0.39 is 0 Å². The molecule has 1 aliphatic heterocycles. The van der Waals surface area contributed by atoms with Gasteiger partial charge in [0.25, 0.3) is 0 Å². The standard InChI is InChI=1S/C11H13BrN4S/c12-7-3-10(17-6-7)9-4-11(15-14-9)16-2-1-8(13)5-16/h3-4,6,8H,1-2,5,13H2,(H,14,15). The molecular formula is C11H13BrN4S. The monoisotopic (exact) mass is 312 g/mol. The van der Waals surface area contributed by atoms with E-state index in [0.29, 0.717) is 0 Å². The molecule has 1 fully saturated rings. The lowest BCUT2D eigenvalue weighted by Gasteiger charge is -2.13. The third-order valence-corrected chi connectivity index (χ3v) is 4.67. The summed E-state index contributed by atoms with van der Waals surface area (Å²) in [6.07, 6.45) is 1.05. The normalized spacial score (nSPS) is 20.1. The van der Waals surface area contributed by atoms with E-state index in [4.69, 9.17) is 5.73 Å². The summed E-state index contributed by atoms with van der Waals surface area (Å²) in [5.41, 5.74) is 6.97. The Labute approximate surface area is 112 Å².